The van der Waals surface area contributed by atoms with Crippen LogP contribution in [0.3, 0.4) is 0 Å². The number of ether oxygens (including phenoxy) is 2. The third kappa shape index (κ3) is 5.60. The molecule has 1 heterocycles. The Morgan fingerprint density at radius 2 is 1.70 bits per heavy atom. The summed E-state index contributed by atoms with van der Waals surface area (Å²) in [5.41, 5.74) is 0.982. The molecular formula is C20H16F3N3O4. The van der Waals surface area contributed by atoms with E-state index < -0.39 is 23.6 Å². The number of hydrogen-bond donors (Lipinski definition) is 1. The van der Waals surface area contributed by atoms with Crippen LogP contribution in [0.5, 0.6) is 11.5 Å². The van der Waals surface area contributed by atoms with Crippen molar-refractivity contribution >= 4 is 11.6 Å². The fourth-order valence-electron chi connectivity index (χ4n) is 2.56. The Bertz CT molecular complexity index is 1080. The van der Waals surface area contributed by atoms with Gasteiger partial charge in [0.1, 0.15) is 18.0 Å². The second-order valence-electron chi connectivity index (χ2n) is 6.09. The Balaban J connectivity index is 1.64. The summed E-state index contributed by atoms with van der Waals surface area (Å²) < 4.78 is 46.5. The minimum Gasteiger partial charge on any atom is -0.497 e. The minimum absolute atomic E-state index is 0.255. The molecule has 0 fully saturated rings. The zero-order valence-corrected chi connectivity index (χ0v) is 15.6. The first kappa shape index (κ1) is 20.9. The largest absolute Gasteiger partial charge is 0.573 e. The zero-order valence-electron chi connectivity index (χ0n) is 15.6. The molecule has 0 saturated carbocycles. The van der Waals surface area contributed by atoms with Crippen LogP contribution in [-0.4, -0.2) is 28.9 Å². The number of amides is 1. The molecule has 3 rings (SSSR count). The molecular weight excluding hydrogens is 403 g/mol. The maximum atomic E-state index is 12.3. The van der Waals surface area contributed by atoms with E-state index in [0.29, 0.717) is 17.0 Å². The lowest BCUT2D eigenvalue weighted by Gasteiger charge is -2.10. The highest BCUT2D eigenvalue weighted by atomic mass is 19.4. The molecule has 0 spiro atoms. The molecule has 0 bridgehead atoms. The van der Waals surface area contributed by atoms with Crippen LogP contribution in [0.15, 0.2) is 65.7 Å². The summed E-state index contributed by atoms with van der Waals surface area (Å²) >= 11 is 0. The van der Waals surface area contributed by atoms with Gasteiger partial charge in [0, 0.05) is 17.3 Å². The number of nitrogens with zero attached hydrogens (tertiary/aromatic N) is 2. The highest BCUT2D eigenvalue weighted by Gasteiger charge is 2.30. The number of benzene rings is 2. The Hall–Kier alpha value is -3.82. The lowest BCUT2D eigenvalue weighted by molar-refractivity contribution is -0.274. The Morgan fingerprint density at radius 3 is 2.27 bits per heavy atom. The first-order chi connectivity index (χ1) is 14.2. The summed E-state index contributed by atoms with van der Waals surface area (Å²) in [5.74, 6) is -0.280. The van der Waals surface area contributed by atoms with Crippen LogP contribution in [0.1, 0.15) is 0 Å². The standard InChI is InChI=1S/C20H16F3N3O4/c1-29-15-6-2-13(3-7-15)17-10-19(28)26(12-24-17)11-18(27)25-14-4-8-16(9-5-14)30-20(21,22)23/h2-10,12H,11H2,1H3,(H,25,27). The average Bonchev–Trinajstić information content (AvgIpc) is 2.70. The van der Waals surface area contributed by atoms with Crippen LogP contribution in [-0.2, 0) is 11.3 Å². The molecule has 2 aromatic carbocycles. The fourth-order valence-corrected chi connectivity index (χ4v) is 2.56. The summed E-state index contributed by atoms with van der Waals surface area (Å²) in [6.45, 7) is -0.310. The van der Waals surface area contributed by atoms with Gasteiger partial charge in [-0.25, -0.2) is 4.98 Å². The van der Waals surface area contributed by atoms with E-state index in [4.69, 9.17) is 4.74 Å². The van der Waals surface area contributed by atoms with Crippen LogP contribution < -0.4 is 20.3 Å². The van der Waals surface area contributed by atoms with Crippen LogP contribution in [0, 0.1) is 0 Å². The van der Waals surface area contributed by atoms with Crippen molar-refractivity contribution in [2.24, 2.45) is 0 Å². The summed E-state index contributed by atoms with van der Waals surface area (Å²) in [4.78, 5) is 28.6. The number of hydrogen-bond acceptors (Lipinski definition) is 5. The summed E-state index contributed by atoms with van der Waals surface area (Å²) in [7, 11) is 1.55. The summed E-state index contributed by atoms with van der Waals surface area (Å²) in [6, 6.07) is 12.9. The highest BCUT2D eigenvalue weighted by Crippen LogP contribution is 2.24. The number of carbonyl (C=O) groups excluding carboxylic acids is 1. The third-order valence-electron chi connectivity index (χ3n) is 3.95. The van der Waals surface area contributed by atoms with Gasteiger partial charge in [-0.2, -0.15) is 0 Å². The highest BCUT2D eigenvalue weighted by molar-refractivity contribution is 5.90. The van der Waals surface area contributed by atoms with E-state index in [0.717, 1.165) is 16.7 Å². The second kappa shape index (κ2) is 8.68. The van der Waals surface area contributed by atoms with E-state index in [9.17, 15) is 22.8 Å². The van der Waals surface area contributed by atoms with Crippen LogP contribution in [0.25, 0.3) is 11.3 Å². The molecule has 156 valence electrons. The molecule has 1 aromatic heterocycles. The van der Waals surface area contributed by atoms with Crippen molar-refractivity contribution < 1.29 is 27.4 Å². The van der Waals surface area contributed by atoms with Crippen LogP contribution >= 0.6 is 0 Å². The van der Waals surface area contributed by atoms with Crippen molar-refractivity contribution in [1.29, 1.82) is 0 Å². The molecule has 0 unspecified atom stereocenters. The van der Waals surface area contributed by atoms with Gasteiger partial charge < -0.3 is 14.8 Å². The fraction of sp³-hybridized carbons (Fsp3) is 0.150. The molecule has 0 atom stereocenters. The van der Waals surface area contributed by atoms with E-state index in [2.05, 4.69) is 15.0 Å². The van der Waals surface area contributed by atoms with Crippen LogP contribution in [0.4, 0.5) is 18.9 Å². The van der Waals surface area contributed by atoms with Gasteiger partial charge in [-0.1, -0.05) is 0 Å². The lowest BCUT2D eigenvalue weighted by atomic mass is 10.1. The number of aromatic nitrogens is 2. The molecule has 7 nitrogen and oxygen atoms in total. The number of carbonyl (C=O) groups is 1. The van der Waals surface area contributed by atoms with Gasteiger partial charge >= 0.3 is 6.36 Å². The number of methoxy groups -OCH3 is 1. The van der Waals surface area contributed by atoms with Gasteiger partial charge in [-0.15, -0.1) is 13.2 Å². The van der Waals surface area contributed by atoms with Crippen molar-refractivity contribution in [3.63, 3.8) is 0 Å². The van der Waals surface area contributed by atoms with Crippen molar-refractivity contribution in [2.75, 3.05) is 12.4 Å². The molecule has 0 aliphatic rings. The molecule has 0 aliphatic carbocycles. The van der Waals surface area contributed by atoms with Gasteiger partial charge in [-0.3, -0.25) is 14.2 Å². The van der Waals surface area contributed by atoms with Crippen molar-refractivity contribution in [2.45, 2.75) is 12.9 Å². The zero-order chi connectivity index (χ0) is 21.7. The van der Waals surface area contributed by atoms with Gasteiger partial charge in [0.25, 0.3) is 5.56 Å². The molecule has 0 saturated heterocycles. The molecule has 1 amide bonds. The number of anilines is 1. The lowest BCUT2D eigenvalue weighted by Crippen LogP contribution is -2.27. The topological polar surface area (TPSA) is 82.5 Å². The van der Waals surface area contributed by atoms with Crippen molar-refractivity contribution in [1.82, 2.24) is 9.55 Å². The molecule has 30 heavy (non-hydrogen) atoms. The monoisotopic (exact) mass is 419 g/mol. The number of nitrogens with one attached hydrogen (secondary N) is 1. The van der Waals surface area contributed by atoms with Crippen LogP contribution in [0.2, 0.25) is 0 Å². The number of alkyl halides is 3. The third-order valence-corrected chi connectivity index (χ3v) is 3.95. The molecule has 10 heteroatoms. The predicted molar refractivity (Wildman–Crippen MR) is 102 cm³/mol. The van der Waals surface area contributed by atoms with Crippen molar-refractivity contribution in [3.05, 3.63) is 71.3 Å². The first-order valence-electron chi connectivity index (χ1n) is 8.60. The van der Waals surface area contributed by atoms with E-state index in [-0.39, 0.29) is 12.2 Å². The Morgan fingerprint density at radius 1 is 1.07 bits per heavy atom. The maximum Gasteiger partial charge on any atom is 0.573 e. The quantitative estimate of drug-likeness (QED) is 0.662. The van der Waals surface area contributed by atoms with E-state index in [1.165, 1.54) is 24.5 Å². The Labute approximate surface area is 168 Å². The minimum atomic E-state index is -4.79. The Kier molecular flexibility index (Phi) is 6.05. The second-order valence-corrected chi connectivity index (χ2v) is 6.09. The van der Waals surface area contributed by atoms with Gasteiger partial charge in [-0.05, 0) is 48.5 Å². The average molecular weight is 419 g/mol. The predicted octanol–water partition coefficient (Wildman–Crippen LogP) is 3.46. The first-order valence-corrected chi connectivity index (χ1v) is 8.60. The molecule has 0 aliphatic heterocycles. The summed E-state index contributed by atoms with van der Waals surface area (Å²) in [6.07, 6.45) is -3.54. The van der Waals surface area contributed by atoms with Gasteiger partial charge in [0.05, 0.1) is 19.1 Å². The van der Waals surface area contributed by atoms with Gasteiger partial charge in [0.15, 0.2) is 0 Å². The number of halogens is 3. The SMILES string of the molecule is COc1ccc(-c2cc(=O)n(CC(=O)Nc3ccc(OC(F)(F)F)cc3)cn2)cc1. The van der Waals surface area contributed by atoms with Gasteiger partial charge in [0.2, 0.25) is 5.91 Å². The van der Waals surface area contributed by atoms with E-state index >= 15 is 0 Å². The summed E-state index contributed by atoms with van der Waals surface area (Å²) in [5, 5.41) is 2.49. The van der Waals surface area contributed by atoms with E-state index in [1.807, 2.05) is 0 Å². The normalized spacial score (nSPS) is 11.1. The van der Waals surface area contributed by atoms with Crippen molar-refractivity contribution in [3.8, 4) is 22.8 Å². The number of rotatable bonds is 6. The molecule has 1 N–H and O–H groups in total. The smallest absolute Gasteiger partial charge is 0.497 e. The maximum absolute atomic E-state index is 12.3. The molecule has 0 radical (unpaired) electrons. The molecule has 3 aromatic rings. The van der Waals surface area contributed by atoms with E-state index in [1.54, 1.807) is 31.4 Å².